The van der Waals surface area contributed by atoms with Gasteiger partial charge in [0.05, 0.1) is 17.2 Å². The number of piperazine rings is 1. The average Bonchev–Trinajstić information content (AvgIpc) is 2.83. The highest BCUT2D eigenvalue weighted by Crippen LogP contribution is 2.22. The summed E-state index contributed by atoms with van der Waals surface area (Å²) in [6, 6.07) is -0.669. The van der Waals surface area contributed by atoms with Crippen LogP contribution < -0.4 is 5.32 Å². The zero-order valence-corrected chi connectivity index (χ0v) is 14.0. The second-order valence-corrected chi connectivity index (χ2v) is 6.44. The van der Waals surface area contributed by atoms with E-state index in [1.54, 1.807) is 11.8 Å². The van der Waals surface area contributed by atoms with E-state index < -0.39 is 6.04 Å². The van der Waals surface area contributed by atoms with Crippen molar-refractivity contribution >= 4 is 29.1 Å². The number of likely N-dealkylation sites (N-methyl/N-ethyl adjacent to an activating group) is 1. The van der Waals surface area contributed by atoms with Crippen LogP contribution in [0.3, 0.4) is 0 Å². The minimum atomic E-state index is -0.669. The van der Waals surface area contributed by atoms with Crippen molar-refractivity contribution < 1.29 is 14.4 Å². The molecule has 3 amide bonds. The quantitative estimate of drug-likeness (QED) is 0.841. The minimum absolute atomic E-state index is 0.0918. The number of nitrogens with one attached hydrogen (secondary N) is 1. The summed E-state index contributed by atoms with van der Waals surface area (Å²) in [4.78, 5) is 44.4. The Hall–Kier alpha value is -1.96. The predicted molar refractivity (Wildman–Crippen MR) is 82.7 cm³/mol. The lowest BCUT2D eigenvalue weighted by Gasteiger charge is -2.39. The molecule has 0 aliphatic carbocycles. The molecule has 1 unspecified atom stereocenters. The number of rotatable bonds is 2. The Bertz CT molecular complexity index is 613. The molecule has 1 aliphatic heterocycles. The molecule has 0 saturated carbocycles. The second-order valence-electron chi connectivity index (χ2n) is 5.24. The minimum Gasteiger partial charge on any atom is -0.357 e. The van der Waals surface area contributed by atoms with Gasteiger partial charge in [-0.3, -0.25) is 14.4 Å². The van der Waals surface area contributed by atoms with E-state index in [1.807, 2.05) is 6.92 Å². The van der Waals surface area contributed by atoms with E-state index in [1.165, 1.54) is 30.2 Å². The molecule has 0 aromatic carbocycles. The van der Waals surface area contributed by atoms with Gasteiger partial charge in [0.15, 0.2) is 0 Å². The molecule has 120 valence electrons. The van der Waals surface area contributed by atoms with Gasteiger partial charge >= 0.3 is 0 Å². The van der Waals surface area contributed by atoms with Gasteiger partial charge in [0.1, 0.15) is 10.9 Å². The smallest absolute Gasteiger partial charge is 0.266 e. The van der Waals surface area contributed by atoms with Crippen LogP contribution in [0.1, 0.15) is 27.3 Å². The molecule has 0 spiro atoms. The fourth-order valence-electron chi connectivity index (χ4n) is 2.56. The molecular formula is C14H20N4O3S. The van der Waals surface area contributed by atoms with Gasteiger partial charge in [-0.25, -0.2) is 4.98 Å². The predicted octanol–water partition coefficient (Wildman–Crippen LogP) is 0.179. The summed E-state index contributed by atoms with van der Waals surface area (Å²) in [6.45, 7) is 6.10. The van der Waals surface area contributed by atoms with Crippen molar-refractivity contribution in [3.05, 3.63) is 15.6 Å². The van der Waals surface area contributed by atoms with Crippen LogP contribution in [0, 0.1) is 13.8 Å². The third-order valence-corrected chi connectivity index (χ3v) is 4.79. The van der Waals surface area contributed by atoms with Crippen LogP contribution in [0.25, 0.3) is 0 Å². The van der Waals surface area contributed by atoms with Crippen molar-refractivity contribution in [1.82, 2.24) is 20.1 Å². The van der Waals surface area contributed by atoms with E-state index in [0.717, 1.165) is 5.01 Å². The number of hydrogen-bond donors (Lipinski definition) is 1. The van der Waals surface area contributed by atoms with Crippen LogP contribution >= 0.6 is 11.3 Å². The molecule has 22 heavy (non-hydrogen) atoms. The van der Waals surface area contributed by atoms with E-state index >= 15 is 0 Å². The second kappa shape index (κ2) is 6.43. The van der Waals surface area contributed by atoms with Gasteiger partial charge in [-0.1, -0.05) is 0 Å². The molecule has 1 N–H and O–H groups in total. The van der Waals surface area contributed by atoms with Gasteiger partial charge in [0.2, 0.25) is 11.8 Å². The highest BCUT2D eigenvalue weighted by atomic mass is 32.1. The Kier molecular flexibility index (Phi) is 4.80. The Morgan fingerprint density at radius 1 is 1.27 bits per heavy atom. The molecule has 2 rings (SSSR count). The van der Waals surface area contributed by atoms with Crippen LogP contribution in [-0.4, -0.2) is 65.2 Å². The summed E-state index contributed by atoms with van der Waals surface area (Å²) < 4.78 is 0. The first-order valence-corrected chi connectivity index (χ1v) is 7.89. The maximum Gasteiger partial charge on any atom is 0.266 e. The van der Waals surface area contributed by atoms with Gasteiger partial charge in [-0.05, 0) is 13.8 Å². The zero-order chi connectivity index (χ0) is 16.4. The van der Waals surface area contributed by atoms with E-state index in [0.29, 0.717) is 23.7 Å². The normalized spacial score (nSPS) is 18.3. The fraction of sp³-hybridized carbons (Fsp3) is 0.571. The zero-order valence-electron chi connectivity index (χ0n) is 13.2. The molecule has 1 aromatic rings. The fourth-order valence-corrected chi connectivity index (χ4v) is 3.44. The first-order valence-electron chi connectivity index (χ1n) is 7.07. The van der Waals surface area contributed by atoms with Crippen LogP contribution in [0.15, 0.2) is 0 Å². The lowest BCUT2D eigenvalue weighted by atomic mass is 10.1. The Balaban J connectivity index is 2.27. The molecule has 1 saturated heterocycles. The van der Waals surface area contributed by atoms with E-state index in [4.69, 9.17) is 0 Å². The molecule has 0 radical (unpaired) electrons. The standard InChI is InChI=1S/C14H20N4O3S/c1-8-12(22-9(2)16-8)14(21)18-6-5-17(10(3)19)7-11(18)13(20)15-4/h11H,5-7H2,1-4H3,(H,15,20). The number of amides is 3. The molecular weight excluding hydrogens is 304 g/mol. The van der Waals surface area contributed by atoms with Crippen molar-refractivity contribution in [2.45, 2.75) is 26.8 Å². The first-order chi connectivity index (χ1) is 10.3. The number of hydrogen-bond acceptors (Lipinski definition) is 5. The summed E-state index contributed by atoms with van der Waals surface area (Å²) in [5, 5.41) is 3.39. The van der Waals surface area contributed by atoms with E-state index in [9.17, 15) is 14.4 Å². The summed E-state index contributed by atoms with van der Waals surface area (Å²) in [7, 11) is 1.53. The van der Waals surface area contributed by atoms with Crippen molar-refractivity contribution in [3.63, 3.8) is 0 Å². The molecule has 1 aliphatic rings. The lowest BCUT2D eigenvalue weighted by Crippen LogP contribution is -2.61. The van der Waals surface area contributed by atoms with Crippen LogP contribution in [-0.2, 0) is 9.59 Å². The number of aryl methyl sites for hydroxylation is 2. The van der Waals surface area contributed by atoms with E-state index in [2.05, 4.69) is 10.3 Å². The van der Waals surface area contributed by atoms with Crippen molar-refractivity contribution in [2.24, 2.45) is 0 Å². The monoisotopic (exact) mass is 324 g/mol. The number of carbonyl (C=O) groups excluding carboxylic acids is 3. The van der Waals surface area contributed by atoms with Crippen molar-refractivity contribution in [3.8, 4) is 0 Å². The van der Waals surface area contributed by atoms with Crippen LogP contribution in [0.4, 0.5) is 0 Å². The molecule has 8 heteroatoms. The first kappa shape index (κ1) is 16.4. The number of thiazole rings is 1. The summed E-state index contributed by atoms with van der Waals surface area (Å²) in [5.41, 5.74) is 0.678. The number of aromatic nitrogens is 1. The van der Waals surface area contributed by atoms with Crippen molar-refractivity contribution in [2.75, 3.05) is 26.7 Å². The van der Waals surface area contributed by atoms with Crippen molar-refractivity contribution in [1.29, 1.82) is 0 Å². The maximum absolute atomic E-state index is 12.8. The highest BCUT2D eigenvalue weighted by molar-refractivity contribution is 7.13. The van der Waals surface area contributed by atoms with Gasteiger partial charge in [-0.2, -0.15) is 0 Å². The Morgan fingerprint density at radius 3 is 2.45 bits per heavy atom. The molecule has 0 bridgehead atoms. The number of nitrogens with zero attached hydrogens (tertiary/aromatic N) is 3. The lowest BCUT2D eigenvalue weighted by molar-refractivity contribution is -0.135. The van der Waals surface area contributed by atoms with Crippen LogP contribution in [0.2, 0.25) is 0 Å². The molecule has 1 atom stereocenters. The molecule has 7 nitrogen and oxygen atoms in total. The largest absolute Gasteiger partial charge is 0.357 e. The topological polar surface area (TPSA) is 82.6 Å². The molecule has 1 aromatic heterocycles. The number of carbonyl (C=O) groups is 3. The Morgan fingerprint density at radius 2 is 1.95 bits per heavy atom. The average molecular weight is 324 g/mol. The van der Waals surface area contributed by atoms with Gasteiger partial charge in [0.25, 0.3) is 5.91 Å². The summed E-state index contributed by atoms with van der Waals surface area (Å²) >= 11 is 1.33. The Labute approximate surface area is 133 Å². The van der Waals surface area contributed by atoms with Crippen LogP contribution in [0.5, 0.6) is 0 Å². The summed E-state index contributed by atoms with van der Waals surface area (Å²) in [6.07, 6.45) is 0. The molecule has 1 fully saturated rings. The third-order valence-electron chi connectivity index (χ3n) is 3.73. The van der Waals surface area contributed by atoms with Gasteiger partial charge < -0.3 is 15.1 Å². The maximum atomic E-state index is 12.8. The molecule has 2 heterocycles. The SMILES string of the molecule is CNC(=O)C1CN(C(C)=O)CCN1C(=O)c1sc(C)nc1C. The highest BCUT2D eigenvalue weighted by Gasteiger charge is 2.37. The van der Waals surface area contributed by atoms with Gasteiger partial charge in [0, 0.05) is 27.1 Å². The third kappa shape index (κ3) is 3.11. The van der Waals surface area contributed by atoms with Gasteiger partial charge in [-0.15, -0.1) is 11.3 Å². The summed E-state index contributed by atoms with van der Waals surface area (Å²) in [5.74, 6) is -0.552. The van der Waals surface area contributed by atoms with E-state index in [-0.39, 0.29) is 24.3 Å².